The van der Waals surface area contributed by atoms with Gasteiger partial charge in [0.1, 0.15) is 0 Å². The lowest BCUT2D eigenvalue weighted by Gasteiger charge is -2.29. The zero-order chi connectivity index (χ0) is 16.7. The second kappa shape index (κ2) is 9.11. The van der Waals surface area contributed by atoms with Crippen LogP contribution in [-0.4, -0.2) is 35.4 Å². The van der Waals surface area contributed by atoms with E-state index in [2.05, 4.69) is 0 Å². The molecule has 1 amide bonds. The van der Waals surface area contributed by atoms with Gasteiger partial charge in [-0.1, -0.05) is 36.2 Å². The summed E-state index contributed by atoms with van der Waals surface area (Å²) in [6.45, 7) is 6.86. The Hall–Kier alpha value is -1.13. The largest absolute Gasteiger partial charge is 0.493 e. The van der Waals surface area contributed by atoms with Crippen LogP contribution < -0.4 is 9.47 Å². The molecular formula is C16H23Cl2NO3. The number of ether oxygens (including phenoxy) is 2. The van der Waals surface area contributed by atoms with Gasteiger partial charge in [0, 0.05) is 12.6 Å². The van der Waals surface area contributed by atoms with Crippen LogP contribution in [0.5, 0.6) is 11.5 Å². The first-order valence-electron chi connectivity index (χ1n) is 7.32. The molecule has 0 radical (unpaired) electrons. The van der Waals surface area contributed by atoms with E-state index in [9.17, 15) is 4.79 Å². The number of carbonyl (C=O) groups excluding carboxylic acids is 1. The summed E-state index contributed by atoms with van der Waals surface area (Å²) < 4.78 is 10.8. The smallest absolute Gasteiger partial charge is 0.256 e. The molecule has 0 aliphatic carbocycles. The quantitative estimate of drug-likeness (QED) is 0.666. The summed E-state index contributed by atoms with van der Waals surface area (Å²) in [6.07, 6.45) is 0.820. The summed E-state index contributed by atoms with van der Waals surface area (Å²) in [5.74, 6) is 1.04. The summed E-state index contributed by atoms with van der Waals surface area (Å²) in [6, 6.07) is 5.66. The van der Waals surface area contributed by atoms with Gasteiger partial charge in [-0.3, -0.25) is 4.79 Å². The van der Waals surface area contributed by atoms with Crippen molar-refractivity contribution < 1.29 is 14.3 Å². The maximum Gasteiger partial charge on any atom is 0.256 e. The predicted octanol–water partition coefficient (Wildman–Crippen LogP) is 4.02. The highest BCUT2D eigenvalue weighted by Gasteiger charge is 2.24. The van der Waals surface area contributed by atoms with Crippen LogP contribution in [0, 0.1) is 0 Å². The molecule has 0 bridgehead atoms. The molecule has 1 unspecified atom stereocenters. The Balaban J connectivity index is 3.02. The molecule has 1 aromatic rings. The summed E-state index contributed by atoms with van der Waals surface area (Å²) in [5.41, 5.74) is 0.937. The minimum absolute atomic E-state index is 0.0464. The van der Waals surface area contributed by atoms with Gasteiger partial charge in [-0.2, -0.15) is 0 Å². The second-order valence-electron chi connectivity index (χ2n) is 4.94. The third kappa shape index (κ3) is 4.96. The number of hydrogen-bond donors (Lipinski definition) is 0. The number of hydrogen-bond acceptors (Lipinski definition) is 3. The second-order valence-corrected chi connectivity index (χ2v) is 6.04. The van der Waals surface area contributed by atoms with Crippen molar-refractivity contribution in [2.24, 2.45) is 0 Å². The third-order valence-electron chi connectivity index (χ3n) is 3.47. The van der Waals surface area contributed by atoms with Crippen LogP contribution in [0.15, 0.2) is 18.2 Å². The normalized spacial score (nSPS) is 12.1. The molecule has 0 aliphatic heterocycles. The van der Waals surface area contributed by atoms with E-state index < -0.39 is 4.84 Å². The van der Waals surface area contributed by atoms with E-state index in [1.807, 2.05) is 39.0 Å². The number of amides is 1. The lowest BCUT2D eigenvalue weighted by molar-refractivity contribution is -0.132. The molecule has 0 saturated carbocycles. The summed E-state index contributed by atoms with van der Waals surface area (Å²) in [4.78, 5) is 12.8. The average Bonchev–Trinajstić information content (AvgIpc) is 2.51. The van der Waals surface area contributed by atoms with E-state index in [1.54, 1.807) is 12.0 Å². The fourth-order valence-electron chi connectivity index (χ4n) is 2.08. The molecule has 1 atom stereocenters. The van der Waals surface area contributed by atoms with E-state index in [1.165, 1.54) is 0 Å². The molecule has 0 aliphatic rings. The molecule has 1 rings (SSSR count). The van der Waals surface area contributed by atoms with Gasteiger partial charge in [-0.05, 0) is 38.0 Å². The summed E-state index contributed by atoms with van der Waals surface area (Å²) in [7, 11) is 1.60. The van der Waals surface area contributed by atoms with Gasteiger partial charge in [-0.25, -0.2) is 0 Å². The summed E-state index contributed by atoms with van der Waals surface area (Å²) in [5, 5.41) is 0. The highest BCUT2D eigenvalue weighted by Crippen LogP contribution is 2.29. The van der Waals surface area contributed by atoms with Crippen LogP contribution >= 0.6 is 23.2 Å². The van der Waals surface area contributed by atoms with E-state index >= 15 is 0 Å². The van der Waals surface area contributed by atoms with Crippen molar-refractivity contribution in [1.82, 2.24) is 4.90 Å². The van der Waals surface area contributed by atoms with Crippen LogP contribution in [0.2, 0.25) is 0 Å². The molecule has 124 valence electrons. The first kappa shape index (κ1) is 18.9. The Kier molecular flexibility index (Phi) is 7.83. The van der Waals surface area contributed by atoms with Crippen LogP contribution in [0.4, 0.5) is 0 Å². The number of nitrogens with zero attached hydrogens (tertiary/aromatic N) is 1. The predicted molar refractivity (Wildman–Crippen MR) is 90.0 cm³/mol. The number of methoxy groups -OCH3 is 1. The Bertz CT molecular complexity index is 494. The molecule has 22 heavy (non-hydrogen) atoms. The number of rotatable bonds is 8. The van der Waals surface area contributed by atoms with Crippen LogP contribution in [0.3, 0.4) is 0 Å². The summed E-state index contributed by atoms with van der Waals surface area (Å²) >= 11 is 11.5. The van der Waals surface area contributed by atoms with E-state index in [0.717, 1.165) is 12.0 Å². The lowest BCUT2D eigenvalue weighted by atomic mass is 10.1. The molecule has 0 heterocycles. The zero-order valence-electron chi connectivity index (χ0n) is 13.4. The number of halogens is 2. The maximum absolute atomic E-state index is 12.2. The molecular weight excluding hydrogens is 325 g/mol. The number of carbonyl (C=O) groups is 1. The van der Waals surface area contributed by atoms with Crippen molar-refractivity contribution in [3.63, 3.8) is 0 Å². The van der Waals surface area contributed by atoms with Gasteiger partial charge in [0.05, 0.1) is 13.7 Å². The highest BCUT2D eigenvalue weighted by atomic mass is 35.5. The van der Waals surface area contributed by atoms with Gasteiger partial charge in [0.15, 0.2) is 16.3 Å². The van der Waals surface area contributed by atoms with Gasteiger partial charge in [0.2, 0.25) is 0 Å². The Morgan fingerprint density at radius 1 is 1.27 bits per heavy atom. The standard InChI is InChI=1S/C16H23Cl2NO3/c1-5-11(3)19(16(20)15(17)18)10-12-7-8-13(21-4)14(9-12)22-6-2/h7-9,11,15H,5-6,10H2,1-4H3. The van der Waals surface area contributed by atoms with Crippen molar-refractivity contribution >= 4 is 29.1 Å². The fraction of sp³-hybridized carbons (Fsp3) is 0.562. The van der Waals surface area contributed by atoms with Gasteiger partial charge < -0.3 is 14.4 Å². The molecule has 4 nitrogen and oxygen atoms in total. The van der Waals surface area contributed by atoms with Crippen LogP contribution in [-0.2, 0) is 11.3 Å². The minimum Gasteiger partial charge on any atom is -0.493 e. The molecule has 0 saturated heterocycles. The lowest BCUT2D eigenvalue weighted by Crippen LogP contribution is -2.40. The van der Waals surface area contributed by atoms with Crippen molar-refractivity contribution in [2.75, 3.05) is 13.7 Å². The first-order valence-corrected chi connectivity index (χ1v) is 8.20. The third-order valence-corrected chi connectivity index (χ3v) is 3.85. The fourth-order valence-corrected chi connectivity index (χ4v) is 2.33. The molecule has 0 spiro atoms. The SMILES string of the molecule is CCOc1cc(CN(C(=O)C(Cl)Cl)C(C)CC)ccc1OC. The molecule has 0 fully saturated rings. The van der Waals surface area contributed by atoms with Gasteiger partial charge in [0.25, 0.3) is 5.91 Å². The first-order chi connectivity index (χ1) is 10.4. The van der Waals surface area contributed by atoms with Crippen LogP contribution in [0.25, 0.3) is 0 Å². The molecule has 1 aromatic carbocycles. The highest BCUT2D eigenvalue weighted by molar-refractivity contribution is 6.53. The zero-order valence-corrected chi connectivity index (χ0v) is 14.9. The van der Waals surface area contributed by atoms with Crippen molar-refractivity contribution in [3.8, 4) is 11.5 Å². The Morgan fingerprint density at radius 3 is 2.45 bits per heavy atom. The monoisotopic (exact) mass is 347 g/mol. The average molecular weight is 348 g/mol. The Morgan fingerprint density at radius 2 is 1.95 bits per heavy atom. The minimum atomic E-state index is -1.06. The molecule has 6 heteroatoms. The van der Waals surface area contributed by atoms with Gasteiger partial charge in [-0.15, -0.1) is 0 Å². The van der Waals surface area contributed by atoms with Gasteiger partial charge >= 0.3 is 0 Å². The Labute approximate surface area is 142 Å². The van der Waals surface area contributed by atoms with Crippen molar-refractivity contribution in [1.29, 1.82) is 0 Å². The van der Waals surface area contributed by atoms with Crippen molar-refractivity contribution in [3.05, 3.63) is 23.8 Å². The van der Waals surface area contributed by atoms with Crippen molar-refractivity contribution in [2.45, 2.75) is 44.6 Å². The number of alkyl halides is 2. The van der Waals surface area contributed by atoms with E-state index in [0.29, 0.717) is 24.7 Å². The topological polar surface area (TPSA) is 38.8 Å². The molecule has 0 N–H and O–H groups in total. The van der Waals surface area contributed by atoms with E-state index in [-0.39, 0.29) is 11.9 Å². The number of benzene rings is 1. The molecule has 0 aromatic heterocycles. The van der Waals surface area contributed by atoms with Crippen LogP contribution in [0.1, 0.15) is 32.8 Å². The van der Waals surface area contributed by atoms with E-state index in [4.69, 9.17) is 32.7 Å². The maximum atomic E-state index is 12.2.